The molecule has 2 atom stereocenters. The highest BCUT2D eigenvalue weighted by atomic mass is 127. The summed E-state index contributed by atoms with van der Waals surface area (Å²) in [4.78, 5) is 12.3. The summed E-state index contributed by atoms with van der Waals surface area (Å²) in [6.07, 6.45) is 4.49. The summed E-state index contributed by atoms with van der Waals surface area (Å²) in [6.45, 7) is 3.95. The normalized spacial score (nSPS) is 26.1. The van der Waals surface area contributed by atoms with Gasteiger partial charge in [0.15, 0.2) is 0 Å². The molecule has 2 aromatic rings. The first kappa shape index (κ1) is 14.1. The molecule has 2 aromatic heterocycles. The van der Waals surface area contributed by atoms with Crippen LogP contribution in [-0.2, 0) is 4.74 Å². The van der Waals surface area contributed by atoms with Crippen LogP contribution in [0.15, 0.2) is 12.4 Å². The fraction of sp³-hybridized carbons (Fsp3) is 0.571. The van der Waals surface area contributed by atoms with E-state index in [9.17, 15) is 0 Å². The van der Waals surface area contributed by atoms with Crippen LogP contribution in [0.3, 0.4) is 0 Å². The number of ether oxygens (including phenoxy) is 1. The van der Waals surface area contributed by atoms with Gasteiger partial charge in [0.2, 0.25) is 0 Å². The molecule has 2 fully saturated rings. The Morgan fingerprint density at radius 2 is 2.43 bits per heavy atom. The van der Waals surface area contributed by atoms with Gasteiger partial charge in [-0.25, -0.2) is 9.97 Å². The maximum Gasteiger partial charge on any atom is 0.138 e. The Hall–Kier alpha value is -0.510. The van der Waals surface area contributed by atoms with Gasteiger partial charge in [-0.2, -0.15) is 0 Å². The fourth-order valence-electron chi connectivity index (χ4n) is 3.19. The van der Waals surface area contributed by atoms with Crippen molar-refractivity contribution >= 4 is 50.0 Å². The minimum absolute atomic E-state index is 0.252. The molecule has 0 amide bonds. The van der Waals surface area contributed by atoms with E-state index in [-0.39, 0.29) is 6.10 Å². The maximum absolute atomic E-state index is 5.98. The van der Waals surface area contributed by atoms with Crippen LogP contribution in [0.5, 0.6) is 0 Å². The van der Waals surface area contributed by atoms with E-state index in [0.29, 0.717) is 6.04 Å². The van der Waals surface area contributed by atoms with E-state index in [1.54, 1.807) is 17.7 Å². The molecule has 0 spiro atoms. The van der Waals surface area contributed by atoms with Crippen LogP contribution < -0.4 is 5.32 Å². The van der Waals surface area contributed by atoms with Crippen molar-refractivity contribution in [3.05, 3.63) is 15.3 Å². The Morgan fingerprint density at radius 1 is 1.48 bits per heavy atom. The van der Waals surface area contributed by atoms with Crippen molar-refractivity contribution in [2.75, 3.05) is 31.6 Å². The predicted octanol–water partition coefficient (Wildman–Crippen LogP) is 2.57. The van der Waals surface area contributed by atoms with Gasteiger partial charge in [0.05, 0.1) is 21.0 Å². The number of nitrogens with zero attached hydrogens (tertiary/aromatic N) is 3. The van der Waals surface area contributed by atoms with Crippen molar-refractivity contribution in [3.8, 4) is 0 Å². The van der Waals surface area contributed by atoms with Crippen LogP contribution in [-0.4, -0.2) is 53.3 Å². The molecule has 0 aliphatic carbocycles. The summed E-state index contributed by atoms with van der Waals surface area (Å²) in [5, 5.41) is 4.56. The third kappa shape index (κ3) is 2.88. The number of anilines is 1. The highest BCUT2D eigenvalue weighted by molar-refractivity contribution is 14.1. The zero-order valence-electron chi connectivity index (χ0n) is 11.6. The number of thiophene rings is 1. The van der Waals surface area contributed by atoms with Gasteiger partial charge in [0.25, 0.3) is 0 Å². The number of halogens is 1. The average Bonchev–Trinajstić information content (AvgIpc) is 3.09. The van der Waals surface area contributed by atoms with E-state index in [4.69, 9.17) is 4.74 Å². The lowest BCUT2D eigenvalue weighted by Crippen LogP contribution is -2.48. The van der Waals surface area contributed by atoms with Gasteiger partial charge in [-0.1, -0.05) is 0 Å². The number of fused-ring (bicyclic) bond motifs is 2. The molecule has 4 rings (SSSR count). The molecule has 21 heavy (non-hydrogen) atoms. The average molecular weight is 416 g/mol. The molecule has 4 heterocycles. The van der Waals surface area contributed by atoms with Gasteiger partial charge in [-0.15, -0.1) is 11.3 Å². The van der Waals surface area contributed by atoms with E-state index >= 15 is 0 Å². The molecule has 7 heteroatoms. The summed E-state index contributed by atoms with van der Waals surface area (Å²) in [7, 11) is 0. The van der Waals surface area contributed by atoms with Crippen LogP contribution in [0.1, 0.15) is 12.8 Å². The van der Waals surface area contributed by atoms with Crippen LogP contribution in [0, 0.1) is 2.88 Å². The molecule has 2 unspecified atom stereocenters. The quantitative estimate of drug-likeness (QED) is 0.780. The van der Waals surface area contributed by atoms with Crippen molar-refractivity contribution < 1.29 is 4.74 Å². The minimum Gasteiger partial charge on any atom is -0.373 e. The van der Waals surface area contributed by atoms with E-state index in [1.807, 2.05) is 0 Å². The number of aromatic nitrogens is 2. The number of rotatable bonds is 3. The second-order valence-corrected chi connectivity index (χ2v) is 8.54. The topological polar surface area (TPSA) is 50.3 Å². The first-order valence-corrected chi connectivity index (χ1v) is 9.19. The molecule has 2 aliphatic rings. The van der Waals surface area contributed by atoms with E-state index in [1.165, 1.54) is 22.3 Å². The van der Waals surface area contributed by atoms with Crippen molar-refractivity contribution in [1.29, 1.82) is 0 Å². The molecule has 0 aromatic carbocycles. The number of nitrogens with one attached hydrogen (secondary N) is 1. The number of morpholine rings is 1. The second-order valence-electron chi connectivity index (χ2n) is 5.62. The molecular formula is C14H17IN4OS. The lowest BCUT2D eigenvalue weighted by Gasteiger charge is -2.35. The van der Waals surface area contributed by atoms with Crippen molar-refractivity contribution in [2.45, 2.75) is 25.0 Å². The molecule has 2 aliphatic heterocycles. The summed E-state index contributed by atoms with van der Waals surface area (Å²) in [5.41, 5.74) is 0. The van der Waals surface area contributed by atoms with E-state index in [0.717, 1.165) is 35.7 Å². The lowest BCUT2D eigenvalue weighted by atomic mass is 10.2. The molecule has 2 saturated heterocycles. The van der Waals surface area contributed by atoms with E-state index < -0.39 is 0 Å². The van der Waals surface area contributed by atoms with Gasteiger partial charge >= 0.3 is 0 Å². The molecule has 0 saturated carbocycles. The number of hydrogen-bond donors (Lipinski definition) is 1. The van der Waals surface area contributed by atoms with Gasteiger partial charge in [0, 0.05) is 19.1 Å². The van der Waals surface area contributed by atoms with Gasteiger partial charge in [-0.3, -0.25) is 4.90 Å². The molecule has 1 N–H and O–H groups in total. The largest absolute Gasteiger partial charge is 0.373 e. The van der Waals surface area contributed by atoms with Crippen LogP contribution in [0.25, 0.3) is 10.2 Å². The Balaban J connectivity index is 1.44. The summed E-state index contributed by atoms with van der Waals surface area (Å²) in [5.74, 6) is 0.923. The lowest BCUT2D eigenvalue weighted by molar-refractivity contribution is -0.0415. The zero-order chi connectivity index (χ0) is 14.2. The smallest absolute Gasteiger partial charge is 0.138 e. The Bertz CT molecular complexity index is 649. The maximum atomic E-state index is 5.98. The zero-order valence-corrected chi connectivity index (χ0v) is 14.6. The molecule has 0 radical (unpaired) electrons. The van der Waals surface area contributed by atoms with Gasteiger partial charge in [-0.05, 0) is 48.0 Å². The first-order valence-electron chi connectivity index (χ1n) is 7.29. The molecule has 112 valence electrons. The fourth-order valence-corrected chi connectivity index (χ4v) is 4.85. The summed E-state index contributed by atoms with van der Waals surface area (Å²) >= 11 is 4.03. The third-order valence-electron chi connectivity index (χ3n) is 4.26. The predicted molar refractivity (Wildman–Crippen MR) is 93.0 cm³/mol. The van der Waals surface area contributed by atoms with Gasteiger partial charge in [0.1, 0.15) is 17.0 Å². The van der Waals surface area contributed by atoms with Crippen molar-refractivity contribution in [2.24, 2.45) is 0 Å². The Kier molecular flexibility index (Phi) is 3.99. The first-order chi connectivity index (χ1) is 10.3. The van der Waals surface area contributed by atoms with Crippen LogP contribution in [0.2, 0.25) is 0 Å². The van der Waals surface area contributed by atoms with Crippen LogP contribution in [0.4, 0.5) is 5.82 Å². The van der Waals surface area contributed by atoms with Gasteiger partial charge < -0.3 is 10.1 Å². The van der Waals surface area contributed by atoms with E-state index in [2.05, 4.69) is 48.8 Å². The highest BCUT2D eigenvalue weighted by Gasteiger charge is 2.32. The monoisotopic (exact) mass is 416 g/mol. The summed E-state index contributed by atoms with van der Waals surface area (Å²) in [6, 6.07) is 2.80. The Labute approximate surface area is 141 Å². The number of hydrogen-bond acceptors (Lipinski definition) is 6. The summed E-state index contributed by atoms with van der Waals surface area (Å²) < 4.78 is 7.22. The molecular weight excluding hydrogens is 399 g/mol. The third-order valence-corrected chi connectivity index (χ3v) is 6.06. The highest BCUT2D eigenvalue weighted by Crippen LogP contribution is 2.29. The molecule has 0 bridgehead atoms. The van der Waals surface area contributed by atoms with Crippen molar-refractivity contribution in [3.63, 3.8) is 0 Å². The Morgan fingerprint density at radius 3 is 3.38 bits per heavy atom. The van der Waals surface area contributed by atoms with Crippen molar-refractivity contribution in [1.82, 2.24) is 14.9 Å². The molecule has 5 nitrogen and oxygen atoms in total. The van der Waals surface area contributed by atoms with Crippen LogP contribution >= 0.6 is 33.9 Å². The minimum atomic E-state index is 0.252. The SMILES string of the molecule is Ic1cc2c(NCC3CN4CCCC4CO3)ncnc2s1. The standard InChI is InChI=1S/C14H17IN4OS/c15-12-4-11-13(17-8-18-14(11)21-12)16-5-10-6-19-3-1-2-9(19)7-20-10/h4,8-10H,1-3,5-7H2,(H,16,17,18). The second kappa shape index (κ2) is 5.94.